The molecule has 8 heteroatoms. The maximum Gasteiger partial charge on any atom is 0.240 e. The topological polar surface area (TPSA) is 79.8 Å². The van der Waals surface area contributed by atoms with Crippen molar-refractivity contribution in [2.75, 3.05) is 25.1 Å². The van der Waals surface area contributed by atoms with E-state index in [4.69, 9.17) is 4.74 Å². The van der Waals surface area contributed by atoms with Crippen LogP contribution >= 0.6 is 11.8 Å². The van der Waals surface area contributed by atoms with E-state index in [9.17, 15) is 14.0 Å². The number of para-hydroxylation sites is 1. The molecule has 1 aromatic carbocycles. The average molecular weight is 353 g/mol. The zero-order valence-electron chi connectivity index (χ0n) is 13.4. The molecule has 1 heterocycles. The second kappa shape index (κ2) is 9.39. The molecule has 6 nitrogen and oxygen atoms in total. The predicted octanol–water partition coefficient (Wildman–Crippen LogP) is 2.17. The van der Waals surface area contributed by atoms with Crippen LogP contribution in [-0.2, 0) is 14.3 Å². The second-order valence-corrected chi connectivity index (χ2v) is 6.26. The smallest absolute Gasteiger partial charge is 0.240 e. The SMILES string of the molecule is CCOCCCN=C1NC(=O)[C@H](CC(=O)Nc2ccccc2F)S1. The molecule has 0 unspecified atom stereocenters. The van der Waals surface area contributed by atoms with Crippen LogP contribution in [-0.4, -0.2) is 42.0 Å². The third kappa shape index (κ3) is 5.61. The molecule has 1 saturated heterocycles. The number of thioether (sulfide) groups is 1. The number of hydrogen-bond acceptors (Lipinski definition) is 5. The summed E-state index contributed by atoms with van der Waals surface area (Å²) >= 11 is 1.22. The van der Waals surface area contributed by atoms with Crippen molar-refractivity contribution >= 4 is 34.4 Å². The second-order valence-electron chi connectivity index (χ2n) is 5.07. The molecule has 2 amide bonds. The Morgan fingerprint density at radius 1 is 1.46 bits per heavy atom. The van der Waals surface area contributed by atoms with Gasteiger partial charge in [-0.05, 0) is 25.5 Å². The Morgan fingerprint density at radius 2 is 2.25 bits per heavy atom. The first-order chi connectivity index (χ1) is 11.6. The van der Waals surface area contributed by atoms with Crippen LogP contribution in [0.1, 0.15) is 19.8 Å². The van der Waals surface area contributed by atoms with Crippen LogP contribution in [0, 0.1) is 5.82 Å². The number of carbonyl (C=O) groups excluding carboxylic acids is 2. The molecule has 0 aromatic heterocycles. The van der Waals surface area contributed by atoms with E-state index in [0.717, 1.165) is 6.42 Å². The lowest BCUT2D eigenvalue weighted by molar-refractivity contribution is -0.122. The van der Waals surface area contributed by atoms with Gasteiger partial charge in [-0.1, -0.05) is 23.9 Å². The largest absolute Gasteiger partial charge is 0.382 e. The molecule has 130 valence electrons. The average Bonchev–Trinajstić information content (AvgIpc) is 2.89. The Hall–Kier alpha value is -1.93. The minimum Gasteiger partial charge on any atom is -0.382 e. The highest BCUT2D eigenvalue weighted by Gasteiger charge is 2.32. The molecule has 0 spiro atoms. The number of anilines is 1. The number of ether oxygens (including phenoxy) is 1. The molecule has 2 N–H and O–H groups in total. The van der Waals surface area contributed by atoms with Crippen LogP contribution in [0.4, 0.5) is 10.1 Å². The Bertz CT molecular complexity index is 624. The molecule has 1 aromatic rings. The first kappa shape index (κ1) is 18.4. The summed E-state index contributed by atoms with van der Waals surface area (Å²) in [6.07, 6.45) is 0.731. The molecule has 0 saturated carbocycles. The van der Waals surface area contributed by atoms with E-state index in [2.05, 4.69) is 15.6 Å². The molecule has 1 atom stereocenters. The molecular weight excluding hydrogens is 333 g/mol. The van der Waals surface area contributed by atoms with Crippen LogP contribution in [0.25, 0.3) is 0 Å². The van der Waals surface area contributed by atoms with Crippen LogP contribution in [0.3, 0.4) is 0 Å². The fourth-order valence-corrected chi connectivity index (χ4v) is 3.03. The molecular formula is C16H20FN3O3S. The predicted molar refractivity (Wildman–Crippen MR) is 92.6 cm³/mol. The number of halogens is 1. The van der Waals surface area contributed by atoms with Gasteiger partial charge in [0.05, 0.1) is 5.69 Å². The van der Waals surface area contributed by atoms with Crippen molar-refractivity contribution in [2.45, 2.75) is 25.0 Å². The lowest BCUT2D eigenvalue weighted by atomic mass is 10.2. The number of carbonyl (C=O) groups is 2. The van der Waals surface area contributed by atoms with Gasteiger partial charge in [-0.15, -0.1) is 0 Å². The Morgan fingerprint density at radius 3 is 3.00 bits per heavy atom. The standard InChI is InChI=1S/C16H20FN3O3S/c1-2-23-9-5-8-18-16-20-15(22)13(24-16)10-14(21)19-12-7-4-3-6-11(12)17/h3-4,6-7,13H,2,5,8-10H2,1H3,(H,19,21)(H,18,20,22)/t13-/m0/s1. The number of hydrogen-bond donors (Lipinski definition) is 2. The lowest BCUT2D eigenvalue weighted by Crippen LogP contribution is -2.28. The van der Waals surface area contributed by atoms with Gasteiger partial charge in [-0.25, -0.2) is 4.39 Å². The maximum atomic E-state index is 13.5. The molecule has 2 rings (SSSR count). The van der Waals surface area contributed by atoms with Gasteiger partial charge in [-0.3, -0.25) is 14.6 Å². The van der Waals surface area contributed by atoms with E-state index in [1.165, 1.54) is 23.9 Å². The number of amides is 2. The van der Waals surface area contributed by atoms with E-state index in [1.54, 1.807) is 12.1 Å². The number of nitrogens with zero attached hydrogens (tertiary/aromatic N) is 1. The van der Waals surface area contributed by atoms with Crippen LogP contribution in [0.15, 0.2) is 29.3 Å². The van der Waals surface area contributed by atoms with Crippen molar-refractivity contribution in [3.63, 3.8) is 0 Å². The zero-order chi connectivity index (χ0) is 17.4. The molecule has 24 heavy (non-hydrogen) atoms. The quantitative estimate of drug-likeness (QED) is 0.702. The summed E-state index contributed by atoms with van der Waals surface area (Å²) < 4.78 is 18.7. The van der Waals surface area contributed by atoms with E-state index in [-0.39, 0.29) is 18.0 Å². The van der Waals surface area contributed by atoms with Crippen LogP contribution in [0.5, 0.6) is 0 Å². The van der Waals surface area contributed by atoms with Gasteiger partial charge >= 0.3 is 0 Å². The molecule has 1 fully saturated rings. The van der Waals surface area contributed by atoms with Gasteiger partial charge in [0.25, 0.3) is 0 Å². The van der Waals surface area contributed by atoms with Crippen molar-refractivity contribution in [1.29, 1.82) is 0 Å². The third-order valence-electron chi connectivity index (χ3n) is 3.20. The van der Waals surface area contributed by atoms with E-state index in [0.29, 0.717) is 24.9 Å². The summed E-state index contributed by atoms with van der Waals surface area (Å²) in [7, 11) is 0. The summed E-state index contributed by atoms with van der Waals surface area (Å²) in [6, 6.07) is 5.91. The summed E-state index contributed by atoms with van der Waals surface area (Å²) in [5.41, 5.74) is 0.107. The fourth-order valence-electron chi connectivity index (χ4n) is 2.04. The highest BCUT2D eigenvalue weighted by atomic mass is 32.2. The van der Waals surface area contributed by atoms with Gasteiger partial charge in [0.15, 0.2) is 5.17 Å². The van der Waals surface area contributed by atoms with Crippen molar-refractivity contribution in [3.05, 3.63) is 30.1 Å². The van der Waals surface area contributed by atoms with Gasteiger partial charge in [0.2, 0.25) is 11.8 Å². The van der Waals surface area contributed by atoms with E-state index in [1.807, 2.05) is 6.92 Å². The number of rotatable bonds is 8. The first-order valence-corrected chi connectivity index (χ1v) is 8.62. The van der Waals surface area contributed by atoms with Gasteiger partial charge in [0.1, 0.15) is 11.1 Å². The van der Waals surface area contributed by atoms with E-state index >= 15 is 0 Å². The summed E-state index contributed by atoms with van der Waals surface area (Å²) in [4.78, 5) is 28.1. The molecule has 1 aliphatic heterocycles. The number of amidine groups is 1. The third-order valence-corrected chi connectivity index (χ3v) is 4.32. The zero-order valence-corrected chi connectivity index (χ0v) is 14.2. The number of benzene rings is 1. The van der Waals surface area contributed by atoms with Crippen molar-refractivity contribution in [3.8, 4) is 0 Å². The minimum absolute atomic E-state index is 0.0389. The van der Waals surface area contributed by atoms with Crippen molar-refractivity contribution in [2.24, 2.45) is 4.99 Å². The Balaban J connectivity index is 1.80. The molecule has 1 aliphatic rings. The van der Waals surface area contributed by atoms with Gasteiger partial charge in [0, 0.05) is 26.2 Å². The summed E-state index contributed by atoms with van der Waals surface area (Å²) in [6.45, 7) is 3.77. The Labute approximate surface area is 144 Å². The van der Waals surface area contributed by atoms with Gasteiger partial charge < -0.3 is 15.4 Å². The van der Waals surface area contributed by atoms with E-state index < -0.39 is 17.0 Å². The lowest BCUT2D eigenvalue weighted by Gasteiger charge is -2.08. The molecule has 0 radical (unpaired) electrons. The van der Waals surface area contributed by atoms with Crippen LogP contribution in [0.2, 0.25) is 0 Å². The molecule has 0 bridgehead atoms. The number of aliphatic imine (C=N–C) groups is 1. The van der Waals surface area contributed by atoms with Gasteiger partial charge in [-0.2, -0.15) is 0 Å². The highest BCUT2D eigenvalue weighted by molar-refractivity contribution is 8.15. The first-order valence-electron chi connectivity index (χ1n) is 7.74. The maximum absolute atomic E-state index is 13.5. The monoisotopic (exact) mass is 353 g/mol. The summed E-state index contributed by atoms with van der Waals surface area (Å²) in [5.74, 6) is -1.18. The summed E-state index contributed by atoms with van der Waals surface area (Å²) in [5, 5.41) is 5.09. The highest BCUT2D eigenvalue weighted by Crippen LogP contribution is 2.23. The molecule has 0 aliphatic carbocycles. The minimum atomic E-state index is -0.553. The Kier molecular flexibility index (Phi) is 7.20. The fraction of sp³-hybridized carbons (Fsp3) is 0.438. The number of nitrogens with one attached hydrogen (secondary N) is 2. The normalized spacial score (nSPS) is 18.7. The van der Waals surface area contributed by atoms with Crippen LogP contribution < -0.4 is 10.6 Å². The van der Waals surface area contributed by atoms with Crippen molar-refractivity contribution < 1.29 is 18.7 Å². The van der Waals surface area contributed by atoms with Crippen molar-refractivity contribution in [1.82, 2.24) is 5.32 Å².